The van der Waals surface area contributed by atoms with Gasteiger partial charge >= 0.3 is 0 Å². The van der Waals surface area contributed by atoms with E-state index in [1.54, 1.807) is 25.5 Å². The van der Waals surface area contributed by atoms with Crippen LogP contribution in [-0.2, 0) is 13.1 Å². The summed E-state index contributed by atoms with van der Waals surface area (Å²) in [6.45, 7) is 4.01. The quantitative estimate of drug-likeness (QED) is 0.298. The van der Waals surface area contributed by atoms with Gasteiger partial charge in [-0.3, -0.25) is 10.0 Å². The van der Waals surface area contributed by atoms with Crippen molar-refractivity contribution in [3.05, 3.63) is 83.3 Å². The molecule has 3 aromatic rings. The minimum atomic E-state index is -0.603. The number of nitrogens with one attached hydrogen (secondary N) is 2. The molecule has 1 fully saturated rings. The molecule has 12 heteroatoms. The highest BCUT2D eigenvalue weighted by Gasteiger charge is 2.24. The Hall–Kier alpha value is -3.70. The van der Waals surface area contributed by atoms with Crippen LogP contribution in [0, 0.1) is 11.7 Å². The zero-order valence-corrected chi connectivity index (χ0v) is 19.2. The zero-order chi connectivity index (χ0) is 24.2. The standard InChI is InChI=1S/C22H24ClFN8O2/c1-3-14(15-4-5-15)9-32(34)11-16(25-2)10-31-12-19(28-29-31)22(33)26-8-18-21-20(24)17(23)6-7-30(21)13-27-18/h3,6-7,9,11-13,15,25,34H,1,4-5,8,10H2,2H3,(H,26,33)/b14-9+,16-11-. The number of allylic oxidation sites excluding steroid dienone is 3. The molecule has 0 aromatic carbocycles. The van der Waals surface area contributed by atoms with Gasteiger partial charge in [-0.05, 0) is 30.4 Å². The van der Waals surface area contributed by atoms with Gasteiger partial charge in [0, 0.05) is 19.4 Å². The van der Waals surface area contributed by atoms with Crippen molar-refractivity contribution in [2.45, 2.75) is 25.9 Å². The first-order valence-electron chi connectivity index (χ1n) is 10.6. The lowest BCUT2D eigenvalue weighted by Crippen LogP contribution is -2.23. The highest BCUT2D eigenvalue weighted by Crippen LogP contribution is 2.37. The maximum absolute atomic E-state index is 14.3. The summed E-state index contributed by atoms with van der Waals surface area (Å²) in [7, 11) is 1.71. The Morgan fingerprint density at radius 2 is 2.24 bits per heavy atom. The molecule has 10 nitrogen and oxygen atoms in total. The Kier molecular flexibility index (Phi) is 6.94. The lowest BCUT2D eigenvalue weighted by molar-refractivity contribution is 0.00882. The lowest BCUT2D eigenvalue weighted by atomic mass is 10.2. The van der Waals surface area contributed by atoms with Crippen molar-refractivity contribution < 1.29 is 14.4 Å². The van der Waals surface area contributed by atoms with E-state index in [1.165, 1.54) is 33.9 Å². The number of aromatic nitrogens is 5. The summed E-state index contributed by atoms with van der Waals surface area (Å²) in [5, 5.41) is 24.7. The number of carbonyl (C=O) groups is 1. The van der Waals surface area contributed by atoms with Gasteiger partial charge in [0.1, 0.15) is 5.52 Å². The summed E-state index contributed by atoms with van der Waals surface area (Å²) >= 11 is 5.85. The summed E-state index contributed by atoms with van der Waals surface area (Å²) in [5.74, 6) is -0.645. The van der Waals surface area contributed by atoms with Crippen LogP contribution in [0.3, 0.4) is 0 Å². The molecule has 3 aromatic heterocycles. The number of halogens is 2. The van der Waals surface area contributed by atoms with Gasteiger partial charge in [-0.25, -0.2) is 19.1 Å². The highest BCUT2D eigenvalue weighted by atomic mass is 35.5. The lowest BCUT2D eigenvalue weighted by Gasteiger charge is -2.12. The SMILES string of the molecule is C=C/C(=C\N(O)/C=C(/Cn1cc(C(=O)NCc2ncn3ccc(Cl)c(F)c23)nn1)NC)C1CC1. The fourth-order valence-electron chi connectivity index (χ4n) is 3.40. The molecule has 3 heterocycles. The van der Waals surface area contributed by atoms with Gasteiger partial charge in [0.25, 0.3) is 5.91 Å². The Balaban J connectivity index is 1.39. The van der Waals surface area contributed by atoms with Gasteiger partial charge in [-0.15, -0.1) is 5.10 Å². The molecule has 0 unspecified atom stereocenters. The fraction of sp³-hybridized carbons (Fsp3) is 0.273. The van der Waals surface area contributed by atoms with Crippen LogP contribution in [0.1, 0.15) is 29.0 Å². The third-order valence-electron chi connectivity index (χ3n) is 5.36. The number of rotatable bonds is 10. The van der Waals surface area contributed by atoms with Crippen LogP contribution in [0.15, 0.2) is 61.1 Å². The molecule has 0 spiro atoms. The van der Waals surface area contributed by atoms with Crippen LogP contribution in [0.25, 0.3) is 5.52 Å². The van der Waals surface area contributed by atoms with Gasteiger partial charge in [-0.1, -0.05) is 29.5 Å². The number of fused-ring (bicyclic) bond motifs is 1. The van der Waals surface area contributed by atoms with Gasteiger partial charge in [0.2, 0.25) is 0 Å². The minimum absolute atomic E-state index is 0.0143. The van der Waals surface area contributed by atoms with Crippen molar-refractivity contribution in [1.29, 1.82) is 0 Å². The predicted molar refractivity (Wildman–Crippen MR) is 123 cm³/mol. The monoisotopic (exact) mass is 486 g/mol. The van der Waals surface area contributed by atoms with Crippen molar-refractivity contribution in [3.63, 3.8) is 0 Å². The summed E-state index contributed by atoms with van der Waals surface area (Å²) in [6.07, 6.45) is 11.6. The minimum Gasteiger partial charge on any atom is -0.389 e. The summed E-state index contributed by atoms with van der Waals surface area (Å²) in [6, 6.07) is 1.43. The Labute approximate surface area is 200 Å². The molecular weight excluding hydrogens is 463 g/mol. The third kappa shape index (κ3) is 5.26. The molecule has 0 radical (unpaired) electrons. The van der Waals surface area contributed by atoms with E-state index in [-0.39, 0.29) is 29.3 Å². The third-order valence-corrected chi connectivity index (χ3v) is 5.66. The molecule has 0 bridgehead atoms. The molecule has 0 atom stereocenters. The summed E-state index contributed by atoms with van der Waals surface area (Å²) in [4.78, 5) is 16.7. The van der Waals surface area contributed by atoms with Crippen molar-refractivity contribution >= 4 is 23.0 Å². The van der Waals surface area contributed by atoms with Gasteiger partial charge in [-0.2, -0.15) is 0 Å². The largest absolute Gasteiger partial charge is 0.389 e. The van der Waals surface area contributed by atoms with Crippen LogP contribution in [-0.4, -0.2) is 47.6 Å². The van der Waals surface area contributed by atoms with Crippen LogP contribution < -0.4 is 10.6 Å². The number of nitrogens with zero attached hydrogens (tertiary/aromatic N) is 6. The summed E-state index contributed by atoms with van der Waals surface area (Å²) < 4.78 is 17.3. The normalized spacial score (nSPS) is 14.4. The molecule has 3 N–H and O–H groups in total. The fourth-order valence-corrected chi connectivity index (χ4v) is 3.54. The van der Waals surface area contributed by atoms with E-state index in [1.807, 2.05) is 0 Å². The Bertz CT molecular complexity index is 1280. The van der Waals surface area contributed by atoms with Crippen LogP contribution in [0.2, 0.25) is 5.02 Å². The van der Waals surface area contributed by atoms with E-state index in [9.17, 15) is 14.4 Å². The average molecular weight is 487 g/mol. The van der Waals surface area contributed by atoms with Crippen molar-refractivity contribution in [3.8, 4) is 0 Å². The predicted octanol–water partition coefficient (Wildman–Crippen LogP) is 2.88. The number of pyridine rings is 1. The van der Waals surface area contributed by atoms with E-state index in [0.717, 1.165) is 23.5 Å². The first kappa shape index (κ1) is 23.5. The topological polar surface area (TPSA) is 113 Å². The van der Waals surface area contributed by atoms with Crippen molar-refractivity contribution in [2.75, 3.05) is 7.05 Å². The van der Waals surface area contributed by atoms with Crippen LogP contribution in [0.4, 0.5) is 4.39 Å². The first-order chi connectivity index (χ1) is 16.4. The van der Waals surface area contributed by atoms with E-state index in [0.29, 0.717) is 17.3 Å². The second-order valence-corrected chi connectivity index (χ2v) is 8.21. The molecule has 178 valence electrons. The van der Waals surface area contributed by atoms with E-state index in [2.05, 4.69) is 32.5 Å². The molecule has 1 saturated carbocycles. The maximum atomic E-state index is 14.3. The molecule has 1 amide bonds. The van der Waals surface area contributed by atoms with Crippen molar-refractivity contribution in [1.82, 2.24) is 40.1 Å². The van der Waals surface area contributed by atoms with E-state index >= 15 is 0 Å². The number of amides is 1. The van der Waals surface area contributed by atoms with E-state index < -0.39 is 11.7 Å². The molecule has 4 rings (SSSR count). The van der Waals surface area contributed by atoms with Crippen LogP contribution >= 0.6 is 11.6 Å². The second-order valence-electron chi connectivity index (χ2n) is 7.80. The molecule has 0 aliphatic heterocycles. The van der Waals surface area contributed by atoms with Gasteiger partial charge in [0.15, 0.2) is 11.5 Å². The number of hydrogen-bond donors (Lipinski definition) is 3. The highest BCUT2D eigenvalue weighted by molar-refractivity contribution is 6.31. The smallest absolute Gasteiger partial charge is 0.273 e. The van der Waals surface area contributed by atoms with Gasteiger partial charge in [0.05, 0.1) is 48.2 Å². The van der Waals surface area contributed by atoms with E-state index in [4.69, 9.17) is 11.6 Å². The Morgan fingerprint density at radius 1 is 1.44 bits per heavy atom. The second kappa shape index (κ2) is 10.1. The summed E-state index contributed by atoms with van der Waals surface area (Å²) in [5.41, 5.74) is 2.22. The first-order valence-corrected chi connectivity index (χ1v) is 10.9. The molecular formula is C22H24ClFN8O2. The number of carbonyl (C=O) groups excluding carboxylic acids is 1. The zero-order valence-electron chi connectivity index (χ0n) is 18.4. The Morgan fingerprint density at radius 3 is 2.94 bits per heavy atom. The molecule has 34 heavy (non-hydrogen) atoms. The molecule has 1 aliphatic rings. The van der Waals surface area contributed by atoms with Gasteiger partial charge < -0.3 is 15.0 Å². The maximum Gasteiger partial charge on any atom is 0.273 e. The number of likely N-dealkylation sites (N-methyl/N-ethyl adjacent to an activating group) is 1. The average Bonchev–Trinajstić information content (AvgIpc) is 3.42. The number of imidazole rings is 1. The van der Waals surface area contributed by atoms with Crippen molar-refractivity contribution in [2.24, 2.45) is 5.92 Å². The van der Waals surface area contributed by atoms with Crippen LogP contribution in [0.5, 0.6) is 0 Å². The molecule has 0 saturated heterocycles. The number of hydrogen-bond acceptors (Lipinski definition) is 7. The molecule has 1 aliphatic carbocycles. The number of hydroxylamine groups is 2.